The molecule has 0 bridgehead atoms. The zero-order chi connectivity index (χ0) is 19.3. The fourth-order valence-electron chi connectivity index (χ4n) is 3.45. The second kappa shape index (κ2) is 5.80. The Morgan fingerprint density at radius 2 is 1.93 bits per heavy atom. The monoisotopic (exact) mass is 366 g/mol. The number of benzene rings is 1. The number of imidazole rings is 1. The summed E-state index contributed by atoms with van der Waals surface area (Å²) in [6.07, 6.45) is 3.25. The van der Waals surface area contributed by atoms with Crippen molar-refractivity contribution in [3.8, 4) is 11.3 Å². The number of aromatic nitrogens is 3. The number of aliphatic carboxylic acids is 1. The van der Waals surface area contributed by atoms with Crippen LogP contribution in [-0.2, 0) is 15.2 Å². The topological polar surface area (TPSA) is 98.2 Å². The first-order chi connectivity index (χ1) is 12.8. The molecule has 0 saturated carbocycles. The number of carbonyl (C=O) groups is 1. The molecule has 0 radical (unpaired) electrons. The molecular weight excluding hydrogens is 348 g/mol. The molecule has 8 nitrogen and oxygen atoms in total. The van der Waals surface area contributed by atoms with Gasteiger partial charge in [-0.3, -0.25) is 13.8 Å². The maximum Gasteiger partial charge on any atom is 0.344 e. The van der Waals surface area contributed by atoms with Crippen molar-refractivity contribution in [2.45, 2.75) is 26.3 Å². The van der Waals surface area contributed by atoms with Crippen molar-refractivity contribution in [3.05, 3.63) is 58.3 Å². The average molecular weight is 366 g/mol. The van der Waals surface area contributed by atoms with Crippen LogP contribution in [0, 0.1) is 0 Å². The van der Waals surface area contributed by atoms with E-state index in [9.17, 15) is 9.59 Å². The van der Waals surface area contributed by atoms with Crippen LogP contribution in [-0.4, -0.2) is 37.3 Å². The predicted molar refractivity (Wildman–Crippen MR) is 99.1 cm³/mol. The van der Waals surface area contributed by atoms with E-state index in [0.29, 0.717) is 17.1 Å². The van der Waals surface area contributed by atoms with Gasteiger partial charge in [-0.2, -0.15) is 0 Å². The molecule has 0 fully saturated rings. The standard InChI is InChI=1S/C19H18N4O4/c1-19(2,3)23-15-12-7-5-4-6-11(12)14(21-27-10-13(24)25)16(15)22-9-8-20-17(22)18(23)26/h4-9H,10H2,1-3H3,(H,24,25). The van der Waals surface area contributed by atoms with Crippen LogP contribution in [0.25, 0.3) is 16.9 Å². The summed E-state index contributed by atoms with van der Waals surface area (Å²) in [6, 6.07) is 7.54. The summed E-state index contributed by atoms with van der Waals surface area (Å²) in [7, 11) is 0. The Morgan fingerprint density at radius 1 is 1.22 bits per heavy atom. The van der Waals surface area contributed by atoms with E-state index < -0.39 is 18.1 Å². The highest BCUT2D eigenvalue weighted by atomic mass is 16.6. The van der Waals surface area contributed by atoms with Gasteiger partial charge in [-0.25, -0.2) is 9.78 Å². The van der Waals surface area contributed by atoms with Crippen molar-refractivity contribution >= 4 is 17.3 Å². The number of rotatable bonds is 3. The van der Waals surface area contributed by atoms with Crippen molar-refractivity contribution < 1.29 is 14.7 Å². The number of carboxylic acids is 1. The van der Waals surface area contributed by atoms with E-state index in [4.69, 9.17) is 9.94 Å². The molecular formula is C19H18N4O4. The van der Waals surface area contributed by atoms with Crippen LogP contribution in [0.2, 0.25) is 0 Å². The lowest BCUT2D eigenvalue weighted by Crippen LogP contribution is -2.37. The van der Waals surface area contributed by atoms with E-state index in [1.54, 1.807) is 21.4 Å². The van der Waals surface area contributed by atoms with Crippen LogP contribution in [0.3, 0.4) is 0 Å². The summed E-state index contributed by atoms with van der Waals surface area (Å²) in [6.45, 7) is 5.30. The fourth-order valence-corrected chi connectivity index (χ4v) is 3.45. The van der Waals surface area contributed by atoms with E-state index in [2.05, 4.69) is 10.1 Å². The molecule has 0 unspecified atom stereocenters. The molecule has 2 aromatic heterocycles. The Labute approximate surface area is 154 Å². The van der Waals surface area contributed by atoms with Crippen LogP contribution in [0.15, 0.2) is 46.6 Å². The third-order valence-electron chi connectivity index (χ3n) is 4.40. The molecule has 0 atom stereocenters. The Kier molecular flexibility index (Phi) is 3.66. The van der Waals surface area contributed by atoms with E-state index in [1.807, 2.05) is 45.0 Å². The lowest BCUT2D eigenvalue weighted by atomic mass is 10.1. The van der Waals surface area contributed by atoms with Gasteiger partial charge < -0.3 is 9.94 Å². The quantitative estimate of drug-likeness (QED) is 0.560. The minimum absolute atomic E-state index is 0.200. The SMILES string of the molecule is CC(C)(C)n1c2c(n3ccnc3c1=O)C(=NOCC(=O)O)c1ccccc1-2. The van der Waals surface area contributed by atoms with E-state index in [-0.39, 0.29) is 11.2 Å². The molecule has 2 heterocycles. The van der Waals surface area contributed by atoms with Gasteiger partial charge in [0, 0.05) is 29.1 Å². The first-order valence-electron chi connectivity index (χ1n) is 8.45. The third kappa shape index (κ3) is 2.52. The van der Waals surface area contributed by atoms with E-state index >= 15 is 0 Å². The van der Waals surface area contributed by atoms with Gasteiger partial charge in [0.15, 0.2) is 0 Å². The normalized spacial score (nSPS) is 14.4. The Hall–Kier alpha value is -3.42. The van der Waals surface area contributed by atoms with Crippen LogP contribution in [0.5, 0.6) is 0 Å². The molecule has 1 aromatic carbocycles. The number of nitrogens with zero attached hydrogens (tertiary/aromatic N) is 4. The highest BCUT2D eigenvalue weighted by Crippen LogP contribution is 2.38. The molecule has 8 heteroatoms. The molecule has 4 rings (SSSR count). The Bertz CT molecular complexity index is 1160. The minimum Gasteiger partial charge on any atom is -0.479 e. The zero-order valence-corrected chi connectivity index (χ0v) is 15.1. The zero-order valence-electron chi connectivity index (χ0n) is 15.1. The second-order valence-electron chi connectivity index (χ2n) is 7.28. The van der Waals surface area contributed by atoms with Gasteiger partial charge in [-0.15, -0.1) is 0 Å². The molecule has 138 valence electrons. The highest BCUT2D eigenvalue weighted by Gasteiger charge is 2.35. The Balaban J connectivity index is 2.12. The summed E-state index contributed by atoms with van der Waals surface area (Å²) in [5.74, 6) is -1.11. The van der Waals surface area contributed by atoms with Gasteiger partial charge in [0.1, 0.15) is 11.4 Å². The van der Waals surface area contributed by atoms with Gasteiger partial charge in [0.05, 0.1) is 5.69 Å². The second-order valence-corrected chi connectivity index (χ2v) is 7.28. The molecule has 0 saturated heterocycles. The summed E-state index contributed by atoms with van der Waals surface area (Å²) in [4.78, 5) is 33.2. The van der Waals surface area contributed by atoms with Crippen molar-refractivity contribution in [3.63, 3.8) is 0 Å². The fraction of sp³-hybridized carbons (Fsp3) is 0.263. The van der Waals surface area contributed by atoms with Crippen molar-refractivity contribution in [1.82, 2.24) is 14.0 Å². The first kappa shape index (κ1) is 17.0. The van der Waals surface area contributed by atoms with Crippen molar-refractivity contribution in [2.24, 2.45) is 5.16 Å². The molecule has 0 amide bonds. The third-order valence-corrected chi connectivity index (χ3v) is 4.40. The van der Waals surface area contributed by atoms with Gasteiger partial charge in [-0.1, -0.05) is 29.4 Å². The highest BCUT2D eigenvalue weighted by molar-refractivity contribution is 6.23. The summed E-state index contributed by atoms with van der Waals surface area (Å²) >= 11 is 0. The largest absolute Gasteiger partial charge is 0.479 e. The first-order valence-corrected chi connectivity index (χ1v) is 8.45. The van der Waals surface area contributed by atoms with Crippen molar-refractivity contribution in [1.29, 1.82) is 0 Å². The number of oxime groups is 1. The van der Waals surface area contributed by atoms with E-state index in [1.165, 1.54) is 0 Å². The number of carboxylic acid groups (broad SMARTS) is 1. The Morgan fingerprint density at radius 3 is 2.59 bits per heavy atom. The van der Waals surface area contributed by atoms with Gasteiger partial charge >= 0.3 is 5.97 Å². The number of hydrogen-bond donors (Lipinski definition) is 1. The van der Waals surface area contributed by atoms with Crippen LogP contribution in [0.1, 0.15) is 32.0 Å². The van der Waals surface area contributed by atoms with Gasteiger partial charge in [-0.05, 0) is 20.8 Å². The summed E-state index contributed by atoms with van der Waals surface area (Å²) in [5.41, 5.74) is 3.04. The van der Waals surface area contributed by atoms with Crippen molar-refractivity contribution in [2.75, 3.05) is 6.61 Å². The number of hydrogen-bond acceptors (Lipinski definition) is 5. The van der Waals surface area contributed by atoms with Crippen LogP contribution >= 0.6 is 0 Å². The molecule has 0 spiro atoms. The van der Waals surface area contributed by atoms with E-state index in [0.717, 1.165) is 11.1 Å². The smallest absolute Gasteiger partial charge is 0.344 e. The predicted octanol–water partition coefficient (Wildman–Crippen LogP) is 2.08. The molecule has 27 heavy (non-hydrogen) atoms. The molecule has 0 aliphatic heterocycles. The average Bonchev–Trinajstić information content (AvgIpc) is 3.18. The van der Waals surface area contributed by atoms with Gasteiger partial charge in [0.2, 0.25) is 12.3 Å². The maximum absolute atomic E-state index is 13.1. The summed E-state index contributed by atoms with van der Waals surface area (Å²) < 4.78 is 3.39. The maximum atomic E-state index is 13.1. The molecule has 3 aromatic rings. The lowest BCUT2D eigenvalue weighted by molar-refractivity contribution is -0.142. The lowest BCUT2D eigenvalue weighted by Gasteiger charge is -2.26. The molecule has 1 aliphatic rings. The molecule has 1 N–H and O–H groups in total. The molecule has 1 aliphatic carbocycles. The minimum atomic E-state index is -1.11. The van der Waals surface area contributed by atoms with Crippen LogP contribution < -0.4 is 5.56 Å². The van der Waals surface area contributed by atoms with Crippen LogP contribution in [0.4, 0.5) is 0 Å². The summed E-state index contributed by atoms with van der Waals surface area (Å²) in [5, 5.41) is 12.9. The number of fused-ring (bicyclic) bond motifs is 5. The van der Waals surface area contributed by atoms with Gasteiger partial charge in [0.25, 0.3) is 5.56 Å².